The normalized spacial score (nSPS) is 15.6. The minimum absolute atomic E-state index is 0.0318. The van der Waals surface area contributed by atoms with Gasteiger partial charge in [-0.15, -0.1) is 0 Å². The number of hydrogen-bond donors (Lipinski definition) is 1. The van der Waals surface area contributed by atoms with Crippen LogP contribution in [-0.2, 0) is 11.0 Å². The number of furan rings is 1. The monoisotopic (exact) mass is 475 g/mol. The van der Waals surface area contributed by atoms with Crippen LogP contribution in [0, 0.1) is 0 Å². The summed E-state index contributed by atoms with van der Waals surface area (Å²) in [6.07, 6.45) is -3.08. The van der Waals surface area contributed by atoms with Crippen molar-refractivity contribution < 1.29 is 32.3 Å². The fourth-order valence-electron chi connectivity index (χ4n) is 3.00. The maximum atomic E-state index is 13.0. The molecule has 1 aliphatic heterocycles. The molecule has 2 aromatic carbocycles. The number of anilines is 1. The highest BCUT2D eigenvalue weighted by molar-refractivity contribution is 8.27. The summed E-state index contributed by atoms with van der Waals surface area (Å²) in [5, 5.41) is 8.98. The molecule has 0 aliphatic carbocycles. The van der Waals surface area contributed by atoms with E-state index in [0.29, 0.717) is 17.1 Å². The van der Waals surface area contributed by atoms with Gasteiger partial charge in [0.1, 0.15) is 11.5 Å². The van der Waals surface area contributed by atoms with Crippen LogP contribution in [-0.4, -0.2) is 21.3 Å². The summed E-state index contributed by atoms with van der Waals surface area (Å²) in [6, 6.07) is 13.8. The number of amides is 1. The van der Waals surface area contributed by atoms with Gasteiger partial charge in [0.15, 0.2) is 4.32 Å². The Labute approximate surface area is 189 Å². The predicted molar refractivity (Wildman–Crippen MR) is 118 cm³/mol. The maximum absolute atomic E-state index is 13.0. The number of carboxylic acid groups (broad SMARTS) is 1. The van der Waals surface area contributed by atoms with Crippen molar-refractivity contribution in [3.05, 3.63) is 82.5 Å². The van der Waals surface area contributed by atoms with E-state index in [9.17, 15) is 22.8 Å². The molecule has 1 saturated heterocycles. The van der Waals surface area contributed by atoms with Gasteiger partial charge in [-0.25, -0.2) is 4.79 Å². The molecule has 32 heavy (non-hydrogen) atoms. The molecule has 4 rings (SSSR count). The molecule has 162 valence electrons. The van der Waals surface area contributed by atoms with Crippen molar-refractivity contribution >= 4 is 51.9 Å². The van der Waals surface area contributed by atoms with Crippen molar-refractivity contribution in [3.63, 3.8) is 0 Å². The van der Waals surface area contributed by atoms with E-state index in [4.69, 9.17) is 21.7 Å². The summed E-state index contributed by atoms with van der Waals surface area (Å²) in [7, 11) is 0. The van der Waals surface area contributed by atoms with Gasteiger partial charge in [0, 0.05) is 11.6 Å². The largest absolute Gasteiger partial charge is 0.478 e. The van der Waals surface area contributed by atoms with E-state index in [1.54, 1.807) is 24.3 Å². The molecule has 1 aromatic heterocycles. The average molecular weight is 475 g/mol. The van der Waals surface area contributed by atoms with E-state index < -0.39 is 23.6 Å². The number of thioether (sulfide) groups is 1. The van der Waals surface area contributed by atoms with Crippen LogP contribution < -0.4 is 4.90 Å². The van der Waals surface area contributed by atoms with Crippen molar-refractivity contribution in [2.75, 3.05) is 4.90 Å². The molecule has 1 amide bonds. The first-order valence-electron chi connectivity index (χ1n) is 9.02. The standard InChI is InChI=1S/C22H12F3NO4S2/c23-22(24,25)14-2-1-3-15(10-14)26-19(27)18(32-21(26)31)11-16-8-9-17(30-16)12-4-6-13(7-5-12)20(28)29/h1-11H,(H,28,29)/b18-11+. The Morgan fingerprint density at radius 1 is 1.09 bits per heavy atom. The van der Waals surface area contributed by atoms with Crippen molar-refractivity contribution in [2.45, 2.75) is 6.18 Å². The summed E-state index contributed by atoms with van der Waals surface area (Å²) in [4.78, 5) is 25.0. The first kappa shape index (κ1) is 21.8. The Morgan fingerprint density at radius 3 is 2.47 bits per heavy atom. The Kier molecular flexibility index (Phi) is 5.66. The molecule has 0 saturated carbocycles. The second-order valence-electron chi connectivity index (χ2n) is 6.65. The van der Waals surface area contributed by atoms with Crippen LogP contribution in [0.2, 0.25) is 0 Å². The first-order chi connectivity index (χ1) is 15.1. The van der Waals surface area contributed by atoms with Crippen molar-refractivity contribution in [1.29, 1.82) is 0 Å². The fraction of sp³-hybridized carbons (Fsp3) is 0.0455. The Hall–Kier alpha value is -3.37. The first-order valence-corrected chi connectivity index (χ1v) is 10.2. The lowest BCUT2D eigenvalue weighted by molar-refractivity contribution is -0.137. The zero-order chi connectivity index (χ0) is 23.0. The number of carbonyl (C=O) groups excluding carboxylic acids is 1. The lowest BCUT2D eigenvalue weighted by atomic mass is 10.1. The quantitative estimate of drug-likeness (QED) is 0.365. The van der Waals surface area contributed by atoms with Crippen LogP contribution in [0.25, 0.3) is 17.4 Å². The van der Waals surface area contributed by atoms with Gasteiger partial charge in [0.05, 0.1) is 21.7 Å². The van der Waals surface area contributed by atoms with E-state index in [1.165, 1.54) is 30.3 Å². The fourth-order valence-corrected chi connectivity index (χ4v) is 4.28. The molecule has 10 heteroatoms. The van der Waals surface area contributed by atoms with Crippen LogP contribution >= 0.6 is 24.0 Å². The zero-order valence-electron chi connectivity index (χ0n) is 15.9. The molecule has 1 aliphatic rings. The van der Waals surface area contributed by atoms with Crippen LogP contribution in [0.1, 0.15) is 21.7 Å². The Balaban J connectivity index is 1.58. The Bertz CT molecular complexity index is 1260. The number of nitrogens with zero attached hydrogens (tertiary/aromatic N) is 1. The summed E-state index contributed by atoms with van der Waals surface area (Å²) in [6.45, 7) is 0. The number of rotatable bonds is 4. The van der Waals surface area contributed by atoms with Gasteiger partial charge in [0.25, 0.3) is 5.91 Å². The molecule has 0 atom stereocenters. The minimum atomic E-state index is -4.54. The van der Waals surface area contributed by atoms with Gasteiger partial charge >= 0.3 is 12.1 Å². The van der Waals surface area contributed by atoms with E-state index in [2.05, 4.69) is 0 Å². The summed E-state index contributed by atoms with van der Waals surface area (Å²) >= 11 is 6.17. The second kappa shape index (κ2) is 8.29. The number of halogens is 3. The van der Waals surface area contributed by atoms with E-state index in [-0.39, 0.29) is 20.5 Å². The number of aromatic carboxylic acids is 1. The van der Waals surface area contributed by atoms with Gasteiger partial charge in [-0.05, 0) is 42.5 Å². The van der Waals surface area contributed by atoms with Crippen molar-refractivity contribution in [1.82, 2.24) is 0 Å². The third-order valence-corrected chi connectivity index (χ3v) is 5.84. The van der Waals surface area contributed by atoms with Crippen LogP contribution in [0.15, 0.2) is 70.0 Å². The molecule has 3 aromatic rings. The van der Waals surface area contributed by atoms with Gasteiger partial charge < -0.3 is 9.52 Å². The van der Waals surface area contributed by atoms with E-state index in [1.807, 2.05) is 0 Å². The second-order valence-corrected chi connectivity index (χ2v) is 8.33. The van der Waals surface area contributed by atoms with Gasteiger partial charge in [-0.2, -0.15) is 13.2 Å². The third kappa shape index (κ3) is 4.32. The highest BCUT2D eigenvalue weighted by Crippen LogP contribution is 2.38. The molecular weight excluding hydrogens is 463 g/mol. The number of carboxylic acids is 1. The zero-order valence-corrected chi connectivity index (χ0v) is 17.6. The topological polar surface area (TPSA) is 70.8 Å². The Morgan fingerprint density at radius 2 is 1.81 bits per heavy atom. The number of alkyl halides is 3. The van der Waals surface area contributed by atoms with Crippen molar-refractivity contribution in [2.24, 2.45) is 0 Å². The van der Waals surface area contributed by atoms with Gasteiger partial charge in [-0.1, -0.05) is 42.2 Å². The van der Waals surface area contributed by atoms with Crippen molar-refractivity contribution in [3.8, 4) is 11.3 Å². The van der Waals surface area contributed by atoms with Crippen LogP contribution in [0.4, 0.5) is 18.9 Å². The molecule has 1 fully saturated rings. The molecule has 0 unspecified atom stereocenters. The summed E-state index contributed by atoms with van der Waals surface area (Å²) in [5.41, 5.74) is -0.0630. The molecular formula is C22H12F3NO4S2. The SMILES string of the molecule is O=C(O)c1ccc(-c2ccc(/C=C3/SC(=S)N(c4cccc(C(F)(F)F)c4)C3=O)o2)cc1. The molecule has 0 bridgehead atoms. The molecule has 0 spiro atoms. The number of hydrogen-bond acceptors (Lipinski definition) is 5. The molecule has 0 radical (unpaired) electrons. The van der Waals surface area contributed by atoms with E-state index in [0.717, 1.165) is 28.8 Å². The number of thiocarbonyl (C=S) groups is 1. The highest BCUT2D eigenvalue weighted by atomic mass is 32.2. The number of carbonyl (C=O) groups is 2. The minimum Gasteiger partial charge on any atom is -0.478 e. The third-order valence-electron chi connectivity index (χ3n) is 4.54. The molecule has 2 heterocycles. The van der Waals surface area contributed by atoms with Crippen LogP contribution in [0.3, 0.4) is 0 Å². The van der Waals surface area contributed by atoms with Crippen LogP contribution in [0.5, 0.6) is 0 Å². The molecule has 1 N–H and O–H groups in total. The highest BCUT2D eigenvalue weighted by Gasteiger charge is 2.36. The number of benzene rings is 2. The summed E-state index contributed by atoms with van der Waals surface area (Å²) in [5.74, 6) is -0.795. The lowest BCUT2D eigenvalue weighted by Gasteiger charge is -2.16. The van der Waals surface area contributed by atoms with Gasteiger partial charge in [-0.3, -0.25) is 9.69 Å². The predicted octanol–water partition coefficient (Wildman–Crippen LogP) is 6.07. The maximum Gasteiger partial charge on any atom is 0.416 e. The van der Waals surface area contributed by atoms with E-state index >= 15 is 0 Å². The van der Waals surface area contributed by atoms with Gasteiger partial charge in [0.2, 0.25) is 0 Å². The smallest absolute Gasteiger partial charge is 0.416 e. The molecule has 5 nitrogen and oxygen atoms in total. The average Bonchev–Trinajstić information content (AvgIpc) is 3.32. The summed E-state index contributed by atoms with van der Waals surface area (Å²) < 4.78 is 44.9. The lowest BCUT2D eigenvalue weighted by Crippen LogP contribution is -2.27.